The third-order valence-corrected chi connectivity index (χ3v) is 1.64. The van der Waals surface area contributed by atoms with Gasteiger partial charge in [-0.1, -0.05) is 4.52 Å². The monoisotopic (exact) mass is 218 g/mol. The van der Waals surface area contributed by atoms with Gasteiger partial charge in [-0.15, -0.1) is 5.01 Å². The smallest absolute Gasteiger partial charge is 0.418 e. The highest BCUT2D eigenvalue weighted by molar-refractivity contribution is 8.12. The molecule has 4 nitrogen and oxygen atoms in total. The third-order valence-electron chi connectivity index (χ3n) is 0.831. The molecule has 1 aliphatic rings. The number of hydrogen-bond donors (Lipinski definition) is 1. The average molecular weight is 218 g/mol. The first-order valence-corrected chi connectivity index (χ1v) is 3.88. The van der Waals surface area contributed by atoms with Crippen molar-refractivity contribution in [2.45, 2.75) is 0 Å². The highest BCUT2D eigenvalue weighted by Crippen LogP contribution is 2.06. The van der Waals surface area contributed by atoms with Gasteiger partial charge in [0.25, 0.3) is 0 Å². The molecule has 1 rings (SSSR count). The molecule has 0 radical (unpaired) electrons. The van der Waals surface area contributed by atoms with Crippen LogP contribution in [0, 0.1) is 0 Å². The van der Waals surface area contributed by atoms with Gasteiger partial charge in [-0.2, -0.15) is 0 Å². The van der Waals surface area contributed by atoms with E-state index in [9.17, 15) is 17.3 Å². The van der Waals surface area contributed by atoms with Crippen LogP contribution in [0.4, 0.5) is 17.3 Å². The fourth-order valence-corrected chi connectivity index (χ4v) is 0.927. The average Bonchev–Trinajstić information content (AvgIpc) is 2.31. The van der Waals surface area contributed by atoms with Crippen LogP contribution in [0.5, 0.6) is 0 Å². The molecule has 1 heterocycles. The SMILES string of the molecule is CN=C1SN=N[NH+]1C.F[B-](F)(F)F. The molecule has 0 aliphatic carbocycles. The molecule has 0 fully saturated rings. The van der Waals surface area contributed by atoms with Crippen LogP contribution >= 0.6 is 11.9 Å². The summed E-state index contributed by atoms with van der Waals surface area (Å²) in [4.78, 5) is 3.92. The molecule has 0 aromatic rings. The number of amidine groups is 1. The van der Waals surface area contributed by atoms with Crippen molar-refractivity contribution in [2.24, 2.45) is 14.7 Å². The number of halogens is 4. The zero-order chi connectivity index (χ0) is 10.5. The summed E-state index contributed by atoms with van der Waals surface area (Å²) in [5.74, 6) is 0. The van der Waals surface area contributed by atoms with Crippen LogP contribution in [-0.4, -0.2) is 26.5 Å². The second-order valence-electron chi connectivity index (χ2n) is 1.88. The zero-order valence-electron chi connectivity index (χ0n) is 6.84. The Kier molecular flexibility index (Phi) is 4.92. The second-order valence-corrected chi connectivity index (χ2v) is 2.61. The molecule has 0 saturated carbocycles. The van der Waals surface area contributed by atoms with E-state index in [0.717, 1.165) is 10.2 Å². The summed E-state index contributed by atoms with van der Waals surface area (Å²) in [5, 5.41) is 5.60. The van der Waals surface area contributed by atoms with E-state index >= 15 is 0 Å². The molecule has 1 unspecified atom stereocenters. The van der Waals surface area contributed by atoms with E-state index in [2.05, 4.69) is 14.7 Å². The van der Waals surface area contributed by atoms with Crippen LogP contribution in [0.3, 0.4) is 0 Å². The Morgan fingerprint density at radius 2 is 1.85 bits per heavy atom. The number of rotatable bonds is 0. The van der Waals surface area contributed by atoms with E-state index in [1.165, 1.54) is 11.9 Å². The molecule has 1 N–H and O–H groups in total. The molecule has 0 bridgehead atoms. The second kappa shape index (κ2) is 5.17. The fraction of sp³-hybridized carbons (Fsp3) is 0.667. The van der Waals surface area contributed by atoms with Gasteiger partial charge in [-0.3, -0.25) is 0 Å². The standard InChI is InChI=1S/C3H6N4S.BF4/c1-4-3-7(2)5-6-8-3;2-1(3,4)5/h1-2H3;/q;-1/p+1. The Balaban J connectivity index is 0.000000252. The lowest BCUT2D eigenvalue weighted by Crippen LogP contribution is -3.05. The van der Waals surface area contributed by atoms with Crippen molar-refractivity contribution in [1.29, 1.82) is 0 Å². The molecular formula is C3H7BF4N4S. The minimum absolute atomic E-state index is 0.914. The van der Waals surface area contributed by atoms with E-state index < -0.39 is 7.25 Å². The molecule has 0 aromatic heterocycles. The maximum Gasteiger partial charge on any atom is 0.673 e. The maximum atomic E-state index is 9.75. The van der Waals surface area contributed by atoms with Crippen LogP contribution in [0.25, 0.3) is 0 Å². The van der Waals surface area contributed by atoms with E-state index in [1.807, 2.05) is 7.05 Å². The van der Waals surface area contributed by atoms with Gasteiger partial charge in [0.1, 0.15) is 11.9 Å². The molecule has 10 heteroatoms. The van der Waals surface area contributed by atoms with E-state index in [1.54, 1.807) is 7.05 Å². The maximum absolute atomic E-state index is 9.75. The van der Waals surface area contributed by atoms with Gasteiger partial charge >= 0.3 is 12.4 Å². The molecule has 13 heavy (non-hydrogen) atoms. The molecular weight excluding hydrogens is 211 g/mol. The summed E-state index contributed by atoms with van der Waals surface area (Å²) in [6, 6.07) is 0. The lowest BCUT2D eigenvalue weighted by atomic mass is 10.3. The van der Waals surface area contributed by atoms with Crippen LogP contribution in [0.2, 0.25) is 0 Å². The molecule has 0 spiro atoms. The van der Waals surface area contributed by atoms with Gasteiger partial charge in [0.05, 0.1) is 7.05 Å². The summed E-state index contributed by atoms with van der Waals surface area (Å²) >= 11 is 1.32. The molecule has 0 saturated heterocycles. The Hall–Kier alpha value is -0.635. The largest absolute Gasteiger partial charge is 0.673 e. The lowest BCUT2D eigenvalue weighted by Gasteiger charge is -1.94. The predicted molar refractivity (Wildman–Crippen MR) is 42.9 cm³/mol. The number of aliphatic imine (C=N–C) groups is 1. The van der Waals surface area contributed by atoms with Crippen molar-refractivity contribution < 1.29 is 22.3 Å². The molecule has 0 aromatic carbocycles. The Labute approximate surface area is 76.3 Å². The number of nitrogens with zero attached hydrogens (tertiary/aromatic N) is 3. The van der Waals surface area contributed by atoms with Crippen molar-refractivity contribution in [3.63, 3.8) is 0 Å². The first kappa shape index (κ1) is 12.4. The third kappa shape index (κ3) is 7.72. The summed E-state index contributed by atoms with van der Waals surface area (Å²) in [6.07, 6.45) is 0. The quantitative estimate of drug-likeness (QED) is 0.365. The summed E-state index contributed by atoms with van der Waals surface area (Å²) in [7, 11) is -2.37. The molecule has 76 valence electrons. The van der Waals surface area contributed by atoms with Crippen molar-refractivity contribution in [1.82, 2.24) is 0 Å². The lowest BCUT2D eigenvalue weighted by molar-refractivity contribution is -0.788. The van der Waals surface area contributed by atoms with Gasteiger partial charge in [-0.25, -0.2) is 4.99 Å². The highest BCUT2D eigenvalue weighted by Gasteiger charge is 2.20. The minimum atomic E-state index is -6.00. The van der Waals surface area contributed by atoms with E-state index in [4.69, 9.17) is 0 Å². The summed E-state index contributed by atoms with van der Waals surface area (Å²) in [6.45, 7) is 0. The van der Waals surface area contributed by atoms with Crippen LogP contribution in [0.15, 0.2) is 14.7 Å². The summed E-state index contributed by atoms with van der Waals surface area (Å²) in [5.41, 5.74) is 0. The Morgan fingerprint density at radius 3 is 2.00 bits per heavy atom. The first-order valence-electron chi connectivity index (χ1n) is 3.10. The number of quaternary nitrogens is 1. The van der Waals surface area contributed by atoms with Crippen molar-refractivity contribution in [2.75, 3.05) is 14.1 Å². The first-order chi connectivity index (χ1) is 5.84. The van der Waals surface area contributed by atoms with Gasteiger partial charge < -0.3 is 17.3 Å². The minimum Gasteiger partial charge on any atom is -0.418 e. The van der Waals surface area contributed by atoms with E-state index in [0.29, 0.717) is 0 Å². The van der Waals surface area contributed by atoms with Crippen molar-refractivity contribution in [3.05, 3.63) is 0 Å². The van der Waals surface area contributed by atoms with Crippen molar-refractivity contribution in [3.8, 4) is 0 Å². The van der Waals surface area contributed by atoms with Crippen LogP contribution in [-0.2, 0) is 0 Å². The van der Waals surface area contributed by atoms with Gasteiger partial charge in [-0.05, 0) is 0 Å². The topological polar surface area (TPSA) is 41.5 Å². The summed E-state index contributed by atoms with van der Waals surface area (Å²) < 4.78 is 42.7. The Morgan fingerprint density at radius 1 is 1.38 bits per heavy atom. The van der Waals surface area contributed by atoms with Crippen LogP contribution in [0.1, 0.15) is 0 Å². The Bertz CT molecular complexity index is 210. The van der Waals surface area contributed by atoms with Gasteiger partial charge in [0.2, 0.25) is 0 Å². The predicted octanol–water partition coefficient (Wildman–Crippen LogP) is 0.816. The van der Waals surface area contributed by atoms with Gasteiger partial charge in [0.15, 0.2) is 0 Å². The molecule has 1 atom stereocenters. The number of hydrogen-bond acceptors (Lipinski definition) is 4. The zero-order valence-corrected chi connectivity index (χ0v) is 7.66. The normalized spacial score (nSPS) is 24.5. The molecule has 0 amide bonds. The van der Waals surface area contributed by atoms with Gasteiger partial charge in [0, 0.05) is 12.3 Å². The fourth-order valence-electron chi connectivity index (χ4n) is 0.432. The highest BCUT2D eigenvalue weighted by atomic mass is 32.2. The molecule has 1 aliphatic heterocycles. The van der Waals surface area contributed by atoms with Crippen molar-refractivity contribution >= 4 is 24.4 Å². The van der Waals surface area contributed by atoms with E-state index in [-0.39, 0.29) is 0 Å². The number of nitrogens with one attached hydrogen (secondary N) is 1. The van der Waals surface area contributed by atoms with Crippen LogP contribution < -0.4 is 5.01 Å².